The van der Waals surface area contributed by atoms with E-state index in [1.54, 1.807) is 31.2 Å². The van der Waals surface area contributed by atoms with Crippen LogP contribution in [0.1, 0.15) is 38.3 Å². The van der Waals surface area contributed by atoms with Crippen molar-refractivity contribution in [1.29, 1.82) is 10.7 Å². The molecule has 0 bridgehead atoms. The summed E-state index contributed by atoms with van der Waals surface area (Å²) in [5.41, 5.74) is 10.9. The Morgan fingerprint density at radius 2 is 1.96 bits per heavy atom. The van der Waals surface area contributed by atoms with Gasteiger partial charge in [0.15, 0.2) is 0 Å². The van der Waals surface area contributed by atoms with Crippen LogP contribution in [-0.4, -0.2) is 16.6 Å². The fourth-order valence-corrected chi connectivity index (χ4v) is 2.87. The highest BCUT2D eigenvalue weighted by Crippen LogP contribution is 2.22. The summed E-state index contributed by atoms with van der Waals surface area (Å²) in [6.07, 6.45) is 1.36. The van der Waals surface area contributed by atoms with E-state index >= 15 is 0 Å². The lowest BCUT2D eigenvalue weighted by molar-refractivity contribution is 0.102. The van der Waals surface area contributed by atoms with E-state index in [9.17, 15) is 4.79 Å². The van der Waals surface area contributed by atoms with Gasteiger partial charge in [0.1, 0.15) is 11.8 Å². The molecule has 0 unspecified atom stereocenters. The summed E-state index contributed by atoms with van der Waals surface area (Å²) in [6.45, 7) is 3.69. The number of nitrogen functional groups attached to an aromatic ring is 1. The summed E-state index contributed by atoms with van der Waals surface area (Å²) in [7, 11) is 0. The lowest BCUT2D eigenvalue weighted by Gasteiger charge is -2.12. The molecule has 3 rings (SSSR count). The molecule has 0 saturated carbocycles. The molecule has 3 aromatic rings. The van der Waals surface area contributed by atoms with Crippen molar-refractivity contribution in [3.8, 4) is 6.07 Å². The van der Waals surface area contributed by atoms with Crippen molar-refractivity contribution in [1.82, 2.24) is 4.98 Å². The first kappa shape index (κ1) is 18.8. The second kappa shape index (κ2) is 7.72. The molecule has 0 spiro atoms. The SMILES string of the molecule is Cc1cccc(C(=N)c2cc(NC(=O)c3ncc(C#N)cc3C)ccc2N)c1. The van der Waals surface area contributed by atoms with Crippen molar-refractivity contribution in [2.24, 2.45) is 0 Å². The van der Waals surface area contributed by atoms with Gasteiger partial charge in [-0.1, -0.05) is 23.8 Å². The average Bonchev–Trinajstić information content (AvgIpc) is 2.68. The molecule has 0 aliphatic heterocycles. The third-order valence-electron chi connectivity index (χ3n) is 4.31. The molecule has 0 atom stereocenters. The predicted molar refractivity (Wildman–Crippen MR) is 110 cm³/mol. The summed E-state index contributed by atoms with van der Waals surface area (Å²) in [4.78, 5) is 16.6. The zero-order chi connectivity index (χ0) is 20.3. The molecule has 0 radical (unpaired) electrons. The monoisotopic (exact) mass is 369 g/mol. The zero-order valence-corrected chi connectivity index (χ0v) is 15.6. The minimum absolute atomic E-state index is 0.242. The van der Waals surface area contributed by atoms with E-state index in [0.717, 1.165) is 11.1 Å². The molecule has 6 heteroatoms. The van der Waals surface area contributed by atoms with Gasteiger partial charge in [-0.25, -0.2) is 4.98 Å². The Hall–Kier alpha value is -3.98. The number of hydrogen-bond donors (Lipinski definition) is 3. The van der Waals surface area contributed by atoms with Crippen molar-refractivity contribution in [2.45, 2.75) is 13.8 Å². The number of hydrogen-bond acceptors (Lipinski definition) is 5. The topological polar surface area (TPSA) is 116 Å². The van der Waals surface area contributed by atoms with Gasteiger partial charge in [-0.05, 0) is 49.7 Å². The maximum absolute atomic E-state index is 12.6. The molecule has 28 heavy (non-hydrogen) atoms. The maximum Gasteiger partial charge on any atom is 0.274 e. The summed E-state index contributed by atoms with van der Waals surface area (Å²) in [5.74, 6) is -0.389. The second-order valence-corrected chi connectivity index (χ2v) is 6.50. The minimum atomic E-state index is -0.389. The highest BCUT2D eigenvalue weighted by molar-refractivity contribution is 6.15. The van der Waals surface area contributed by atoms with E-state index < -0.39 is 0 Å². The normalized spacial score (nSPS) is 10.2. The molecule has 1 heterocycles. The summed E-state index contributed by atoms with van der Waals surface area (Å²) >= 11 is 0. The number of amides is 1. The van der Waals surface area contributed by atoms with Gasteiger partial charge < -0.3 is 11.1 Å². The molecule has 1 aromatic heterocycles. The first-order chi connectivity index (χ1) is 13.4. The van der Waals surface area contributed by atoms with E-state index in [4.69, 9.17) is 16.4 Å². The highest BCUT2D eigenvalue weighted by Gasteiger charge is 2.14. The lowest BCUT2D eigenvalue weighted by atomic mass is 9.99. The smallest absolute Gasteiger partial charge is 0.274 e. The summed E-state index contributed by atoms with van der Waals surface area (Å²) in [5, 5.41) is 20.2. The largest absolute Gasteiger partial charge is 0.398 e. The number of nitrogens with zero attached hydrogens (tertiary/aromatic N) is 2. The molecule has 4 N–H and O–H groups in total. The molecular weight excluding hydrogens is 350 g/mol. The minimum Gasteiger partial charge on any atom is -0.398 e. The van der Waals surface area contributed by atoms with Crippen LogP contribution in [0.15, 0.2) is 54.7 Å². The quantitative estimate of drug-likeness (QED) is 0.479. The van der Waals surface area contributed by atoms with E-state index in [1.807, 2.05) is 37.3 Å². The molecule has 2 aromatic carbocycles. The van der Waals surface area contributed by atoms with Crippen molar-refractivity contribution < 1.29 is 4.79 Å². The summed E-state index contributed by atoms with van der Waals surface area (Å²) in [6, 6.07) is 16.2. The number of benzene rings is 2. The molecule has 0 fully saturated rings. The predicted octanol–water partition coefficient (Wildman–Crippen LogP) is 3.82. The molecular formula is C22H19N5O. The van der Waals surface area contributed by atoms with Crippen LogP contribution in [0, 0.1) is 30.6 Å². The van der Waals surface area contributed by atoms with Crippen LogP contribution in [0.2, 0.25) is 0 Å². The van der Waals surface area contributed by atoms with E-state index in [-0.39, 0.29) is 17.3 Å². The number of pyridine rings is 1. The molecule has 0 aliphatic carbocycles. The first-order valence-electron chi connectivity index (χ1n) is 8.62. The Morgan fingerprint density at radius 1 is 1.18 bits per heavy atom. The second-order valence-electron chi connectivity index (χ2n) is 6.50. The van der Waals surface area contributed by atoms with Gasteiger partial charge in [0.05, 0.1) is 11.3 Å². The van der Waals surface area contributed by atoms with E-state index in [2.05, 4.69) is 10.3 Å². The van der Waals surface area contributed by atoms with Crippen LogP contribution < -0.4 is 11.1 Å². The zero-order valence-electron chi connectivity index (χ0n) is 15.6. The van der Waals surface area contributed by atoms with Crippen LogP contribution in [0.4, 0.5) is 11.4 Å². The van der Waals surface area contributed by atoms with E-state index in [1.165, 1.54) is 6.20 Å². The number of nitrogens with two attached hydrogens (primary N) is 1. The van der Waals surface area contributed by atoms with Crippen LogP contribution in [0.3, 0.4) is 0 Å². The first-order valence-corrected chi connectivity index (χ1v) is 8.62. The average molecular weight is 369 g/mol. The molecule has 1 amide bonds. The number of aromatic nitrogens is 1. The van der Waals surface area contributed by atoms with Gasteiger partial charge in [-0.3, -0.25) is 10.2 Å². The van der Waals surface area contributed by atoms with Crippen molar-refractivity contribution in [3.63, 3.8) is 0 Å². The number of nitriles is 1. The Kier molecular flexibility index (Phi) is 5.18. The number of anilines is 2. The maximum atomic E-state index is 12.6. The number of carbonyl (C=O) groups excluding carboxylic acids is 1. The van der Waals surface area contributed by atoms with Crippen molar-refractivity contribution in [2.75, 3.05) is 11.1 Å². The van der Waals surface area contributed by atoms with E-state index in [0.29, 0.717) is 28.1 Å². The Bertz CT molecular complexity index is 1130. The fourth-order valence-electron chi connectivity index (χ4n) is 2.87. The third-order valence-corrected chi connectivity index (χ3v) is 4.31. The fraction of sp³-hybridized carbons (Fsp3) is 0.0909. The van der Waals surface area contributed by atoms with Gasteiger partial charge in [0.25, 0.3) is 5.91 Å². The number of rotatable bonds is 4. The Balaban J connectivity index is 1.88. The van der Waals surface area contributed by atoms with Crippen LogP contribution in [-0.2, 0) is 0 Å². The van der Waals surface area contributed by atoms with Gasteiger partial charge in [0, 0.05) is 28.7 Å². The number of carbonyl (C=O) groups is 1. The van der Waals surface area contributed by atoms with Crippen LogP contribution >= 0.6 is 0 Å². The molecule has 0 saturated heterocycles. The summed E-state index contributed by atoms with van der Waals surface area (Å²) < 4.78 is 0. The van der Waals surface area contributed by atoms with Gasteiger partial charge in [-0.15, -0.1) is 0 Å². The van der Waals surface area contributed by atoms with Gasteiger partial charge >= 0.3 is 0 Å². The standard InChI is InChI=1S/C22H19N5O/c1-13-4-3-5-16(8-13)20(25)18-10-17(6-7-19(18)24)27-22(28)21-14(2)9-15(11-23)12-26-21/h3-10,12,25H,24H2,1-2H3,(H,27,28). The van der Waals surface area contributed by atoms with Gasteiger partial charge in [-0.2, -0.15) is 5.26 Å². The van der Waals surface area contributed by atoms with Gasteiger partial charge in [0.2, 0.25) is 0 Å². The molecule has 0 aliphatic rings. The third kappa shape index (κ3) is 3.89. The van der Waals surface area contributed by atoms with Crippen LogP contribution in [0.5, 0.6) is 0 Å². The lowest BCUT2D eigenvalue weighted by Crippen LogP contribution is -2.16. The number of nitrogens with one attached hydrogen (secondary N) is 2. The number of aryl methyl sites for hydroxylation is 2. The van der Waals surface area contributed by atoms with Crippen molar-refractivity contribution >= 4 is 23.0 Å². The molecule has 138 valence electrons. The highest BCUT2D eigenvalue weighted by atomic mass is 16.1. The van der Waals surface area contributed by atoms with Crippen LogP contribution in [0.25, 0.3) is 0 Å². The Labute approximate surface area is 163 Å². The van der Waals surface area contributed by atoms with Crippen molar-refractivity contribution in [3.05, 3.63) is 88.2 Å². The Morgan fingerprint density at radius 3 is 2.64 bits per heavy atom. The molecule has 6 nitrogen and oxygen atoms in total.